The van der Waals surface area contributed by atoms with Crippen LogP contribution in [0.2, 0.25) is 5.02 Å². The molecule has 0 bridgehead atoms. The summed E-state index contributed by atoms with van der Waals surface area (Å²) in [6.45, 7) is 1.29. The Kier molecular flexibility index (Phi) is 6.25. The molecule has 1 N–H and O–H groups in total. The fraction of sp³-hybridized carbons (Fsp3) is 0.278. The molecule has 1 aromatic carbocycles. The number of nitrogens with one attached hydrogen (secondary N) is 1. The third-order valence-electron chi connectivity index (χ3n) is 3.82. The lowest BCUT2D eigenvalue weighted by molar-refractivity contribution is 0.372. The summed E-state index contributed by atoms with van der Waals surface area (Å²) in [6.07, 6.45) is 0.982. The van der Waals surface area contributed by atoms with Crippen molar-refractivity contribution in [1.82, 2.24) is 20.4 Å². The van der Waals surface area contributed by atoms with Crippen molar-refractivity contribution in [3.63, 3.8) is 0 Å². The van der Waals surface area contributed by atoms with Gasteiger partial charge < -0.3 is 14.7 Å². The summed E-state index contributed by atoms with van der Waals surface area (Å²) in [7, 11) is 3.77. The standard InChI is InChI=1S/C18H20ClN5OS/c1-20-18(24(2)10-9-15-4-3-11-26-15)21-12-16-22-17(23-25-16)13-5-7-14(19)8-6-13/h3-8,11H,9-10,12H2,1-2H3,(H,20,21). The van der Waals surface area contributed by atoms with Gasteiger partial charge in [0.15, 0.2) is 5.96 Å². The molecule has 0 amide bonds. The maximum atomic E-state index is 5.90. The summed E-state index contributed by atoms with van der Waals surface area (Å²) in [5.74, 6) is 1.83. The van der Waals surface area contributed by atoms with Crippen LogP contribution in [0.5, 0.6) is 0 Å². The average Bonchev–Trinajstić information content (AvgIpc) is 3.33. The molecule has 0 aliphatic rings. The SMILES string of the molecule is CN=C(NCc1nc(-c2ccc(Cl)cc2)no1)N(C)CCc1cccs1. The lowest BCUT2D eigenvalue weighted by Gasteiger charge is -2.21. The van der Waals surface area contributed by atoms with Crippen LogP contribution in [-0.4, -0.2) is 41.6 Å². The number of likely N-dealkylation sites (N-methyl/N-ethyl adjacent to an activating group) is 1. The summed E-state index contributed by atoms with van der Waals surface area (Å²) in [4.78, 5) is 12.2. The molecule has 8 heteroatoms. The summed E-state index contributed by atoms with van der Waals surface area (Å²) in [5.41, 5.74) is 0.863. The van der Waals surface area contributed by atoms with E-state index < -0.39 is 0 Å². The Labute approximate surface area is 161 Å². The number of thiophene rings is 1. The zero-order valence-electron chi connectivity index (χ0n) is 14.6. The molecule has 0 aliphatic carbocycles. The smallest absolute Gasteiger partial charge is 0.246 e. The first-order chi connectivity index (χ1) is 12.7. The van der Waals surface area contributed by atoms with Crippen LogP contribution in [0.3, 0.4) is 0 Å². The largest absolute Gasteiger partial charge is 0.347 e. The first-order valence-corrected chi connectivity index (χ1v) is 9.44. The Morgan fingerprint density at radius 2 is 2.12 bits per heavy atom. The number of halogens is 1. The van der Waals surface area contributed by atoms with Crippen molar-refractivity contribution in [3.05, 3.63) is 57.6 Å². The predicted molar refractivity (Wildman–Crippen MR) is 106 cm³/mol. The molecular weight excluding hydrogens is 370 g/mol. The zero-order chi connectivity index (χ0) is 18.4. The molecule has 136 valence electrons. The van der Waals surface area contributed by atoms with Crippen LogP contribution in [0.1, 0.15) is 10.8 Å². The number of aliphatic imine (C=N–C) groups is 1. The minimum Gasteiger partial charge on any atom is -0.347 e. The number of rotatable bonds is 6. The second kappa shape index (κ2) is 8.82. The average molecular weight is 390 g/mol. The number of nitrogens with zero attached hydrogens (tertiary/aromatic N) is 4. The third-order valence-corrected chi connectivity index (χ3v) is 5.00. The zero-order valence-corrected chi connectivity index (χ0v) is 16.2. The molecular formula is C18H20ClN5OS. The third kappa shape index (κ3) is 4.83. The highest BCUT2D eigenvalue weighted by Crippen LogP contribution is 2.18. The van der Waals surface area contributed by atoms with E-state index in [1.54, 1.807) is 30.5 Å². The van der Waals surface area contributed by atoms with E-state index >= 15 is 0 Å². The van der Waals surface area contributed by atoms with Crippen molar-refractivity contribution in [2.75, 3.05) is 20.6 Å². The molecule has 26 heavy (non-hydrogen) atoms. The molecule has 2 aromatic heterocycles. The molecule has 0 unspecified atom stereocenters. The summed E-state index contributed by atoms with van der Waals surface area (Å²) in [6, 6.07) is 11.5. The minimum atomic E-state index is 0.413. The van der Waals surface area contributed by atoms with Crippen LogP contribution >= 0.6 is 22.9 Å². The van der Waals surface area contributed by atoms with E-state index in [1.165, 1.54) is 4.88 Å². The van der Waals surface area contributed by atoms with Crippen molar-refractivity contribution < 1.29 is 4.52 Å². The predicted octanol–water partition coefficient (Wildman–Crippen LogP) is 3.70. The van der Waals surface area contributed by atoms with Crippen molar-refractivity contribution in [2.24, 2.45) is 4.99 Å². The van der Waals surface area contributed by atoms with Gasteiger partial charge in [-0.05, 0) is 42.1 Å². The molecule has 0 saturated heterocycles. The van der Waals surface area contributed by atoms with Crippen molar-refractivity contribution in [1.29, 1.82) is 0 Å². The Morgan fingerprint density at radius 1 is 1.31 bits per heavy atom. The molecule has 0 fully saturated rings. The number of guanidine groups is 1. The number of hydrogen-bond donors (Lipinski definition) is 1. The fourth-order valence-corrected chi connectivity index (χ4v) is 3.25. The molecule has 0 aliphatic heterocycles. The van der Waals surface area contributed by atoms with E-state index in [0.29, 0.717) is 23.3 Å². The molecule has 6 nitrogen and oxygen atoms in total. The van der Waals surface area contributed by atoms with Gasteiger partial charge in [0.1, 0.15) is 0 Å². The Balaban J connectivity index is 1.54. The molecule has 3 aromatic rings. The fourth-order valence-electron chi connectivity index (χ4n) is 2.42. The van der Waals surface area contributed by atoms with E-state index in [-0.39, 0.29) is 0 Å². The monoisotopic (exact) mass is 389 g/mol. The molecule has 0 saturated carbocycles. The Hall–Kier alpha value is -2.38. The van der Waals surface area contributed by atoms with Crippen LogP contribution in [0.25, 0.3) is 11.4 Å². The van der Waals surface area contributed by atoms with Gasteiger partial charge in [0.25, 0.3) is 0 Å². The molecule has 3 rings (SSSR count). The highest BCUT2D eigenvalue weighted by atomic mass is 35.5. The van der Waals surface area contributed by atoms with E-state index in [2.05, 4.69) is 42.9 Å². The molecule has 2 heterocycles. The quantitative estimate of drug-likeness (QED) is 0.514. The van der Waals surface area contributed by atoms with Crippen molar-refractivity contribution >= 4 is 28.9 Å². The molecule has 0 radical (unpaired) electrons. The Bertz CT molecular complexity index is 845. The second-order valence-electron chi connectivity index (χ2n) is 5.67. The highest BCUT2D eigenvalue weighted by molar-refractivity contribution is 7.09. The van der Waals surface area contributed by atoms with Gasteiger partial charge in [-0.25, -0.2) is 0 Å². The van der Waals surface area contributed by atoms with Crippen LogP contribution < -0.4 is 5.32 Å². The van der Waals surface area contributed by atoms with Crippen LogP contribution in [0.4, 0.5) is 0 Å². The van der Waals surface area contributed by atoms with E-state index in [9.17, 15) is 0 Å². The second-order valence-corrected chi connectivity index (χ2v) is 7.14. The maximum absolute atomic E-state index is 5.90. The van der Waals surface area contributed by atoms with Crippen LogP contribution in [0, 0.1) is 0 Å². The lowest BCUT2D eigenvalue weighted by atomic mass is 10.2. The first kappa shape index (κ1) is 18.4. The van der Waals surface area contributed by atoms with Gasteiger partial charge in [0.05, 0.1) is 6.54 Å². The highest BCUT2D eigenvalue weighted by Gasteiger charge is 2.11. The number of benzene rings is 1. The summed E-state index contributed by atoms with van der Waals surface area (Å²) in [5, 5.41) is 10.0. The topological polar surface area (TPSA) is 66.5 Å². The molecule has 0 atom stereocenters. The van der Waals surface area contributed by atoms with E-state index in [0.717, 1.165) is 24.5 Å². The van der Waals surface area contributed by atoms with E-state index in [1.807, 2.05) is 19.2 Å². The van der Waals surface area contributed by atoms with Gasteiger partial charge in [-0.15, -0.1) is 11.3 Å². The summed E-state index contributed by atoms with van der Waals surface area (Å²) < 4.78 is 5.31. The van der Waals surface area contributed by atoms with Gasteiger partial charge in [0, 0.05) is 36.1 Å². The summed E-state index contributed by atoms with van der Waals surface area (Å²) >= 11 is 7.67. The van der Waals surface area contributed by atoms with Gasteiger partial charge in [-0.2, -0.15) is 4.98 Å². The molecule has 0 spiro atoms. The van der Waals surface area contributed by atoms with Crippen molar-refractivity contribution in [3.8, 4) is 11.4 Å². The Morgan fingerprint density at radius 3 is 2.81 bits per heavy atom. The number of hydrogen-bond acceptors (Lipinski definition) is 5. The van der Waals surface area contributed by atoms with Gasteiger partial charge >= 0.3 is 0 Å². The maximum Gasteiger partial charge on any atom is 0.246 e. The normalized spacial score (nSPS) is 11.6. The van der Waals surface area contributed by atoms with Gasteiger partial charge in [-0.3, -0.25) is 4.99 Å². The van der Waals surface area contributed by atoms with Crippen molar-refractivity contribution in [2.45, 2.75) is 13.0 Å². The van der Waals surface area contributed by atoms with Gasteiger partial charge in [-0.1, -0.05) is 22.8 Å². The van der Waals surface area contributed by atoms with Crippen LogP contribution in [-0.2, 0) is 13.0 Å². The minimum absolute atomic E-state index is 0.413. The number of aromatic nitrogens is 2. The van der Waals surface area contributed by atoms with Crippen LogP contribution in [0.15, 0.2) is 51.3 Å². The van der Waals surface area contributed by atoms with Gasteiger partial charge in [0.2, 0.25) is 11.7 Å². The lowest BCUT2D eigenvalue weighted by Crippen LogP contribution is -2.39. The van der Waals surface area contributed by atoms with E-state index in [4.69, 9.17) is 16.1 Å². The first-order valence-electron chi connectivity index (χ1n) is 8.18.